The summed E-state index contributed by atoms with van der Waals surface area (Å²) < 4.78 is 5.35. The van der Waals surface area contributed by atoms with Crippen LogP contribution in [0.25, 0.3) is 0 Å². The SMILES string of the molecule is CC[C@H](NC(=O)c1ccc([C@@H]2SCC(=O)N2Cc2ccccc2)cc1)c1ccc(OC)c(C)c1. The van der Waals surface area contributed by atoms with Gasteiger partial charge in [0.1, 0.15) is 11.1 Å². The number of hydrogen-bond acceptors (Lipinski definition) is 4. The number of hydrogen-bond donors (Lipinski definition) is 1. The monoisotopic (exact) mass is 474 g/mol. The smallest absolute Gasteiger partial charge is 0.251 e. The van der Waals surface area contributed by atoms with Crippen LogP contribution in [-0.2, 0) is 11.3 Å². The fourth-order valence-corrected chi connectivity index (χ4v) is 5.45. The molecule has 2 amide bonds. The van der Waals surface area contributed by atoms with E-state index in [2.05, 4.69) is 18.3 Å². The van der Waals surface area contributed by atoms with Crippen LogP contribution >= 0.6 is 11.8 Å². The molecule has 1 fully saturated rings. The Morgan fingerprint density at radius 1 is 1.12 bits per heavy atom. The van der Waals surface area contributed by atoms with Crippen LogP contribution in [0.2, 0.25) is 0 Å². The molecule has 4 rings (SSSR count). The third-order valence-electron chi connectivity index (χ3n) is 6.16. The quantitative estimate of drug-likeness (QED) is 0.458. The van der Waals surface area contributed by atoms with E-state index in [1.54, 1.807) is 18.9 Å². The molecule has 0 spiro atoms. The van der Waals surface area contributed by atoms with Crippen molar-refractivity contribution in [1.29, 1.82) is 0 Å². The van der Waals surface area contributed by atoms with Crippen molar-refractivity contribution < 1.29 is 14.3 Å². The Bertz CT molecular complexity index is 1150. The summed E-state index contributed by atoms with van der Waals surface area (Å²) in [5, 5.41) is 3.11. The molecule has 1 N–H and O–H groups in total. The normalized spacial score (nSPS) is 16.4. The number of benzene rings is 3. The van der Waals surface area contributed by atoms with Gasteiger partial charge in [0.25, 0.3) is 5.91 Å². The van der Waals surface area contributed by atoms with Crippen LogP contribution in [0.5, 0.6) is 5.75 Å². The van der Waals surface area contributed by atoms with E-state index in [1.165, 1.54) is 0 Å². The average molecular weight is 475 g/mol. The zero-order valence-electron chi connectivity index (χ0n) is 19.8. The molecule has 1 saturated heterocycles. The minimum Gasteiger partial charge on any atom is -0.496 e. The number of carbonyl (C=O) groups is 2. The lowest BCUT2D eigenvalue weighted by Crippen LogP contribution is -2.29. The van der Waals surface area contributed by atoms with Gasteiger partial charge in [-0.1, -0.05) is 61.5 Å². The van der Waals surface area contributed by atoms with Gasteiger partial charge in [0, 0.05) is 12.1 Å². The van der Waals surface area contributed by atoms with E-state index in [9.17, 15) is 9.59 Å². The predicted molar refractivity (Wildman–Crippen MR) is 137 cm³/mol. The van der Waals surface area contributed by atoms with Gasteiger partial charge in [-0.05, 0) is 53.8 Å². The number of thioether (sulfide) groups is 1. The van der Waals surface area contributed by atoms with E-state index in [-0.39, 0.29) is 23.2 Å². The summed E-state index contributed by atoms with van der Waals surface area (Å²) >= 11 is 1.63. The van der Waals surface area contributed by atoms with Gasteiger partial charge < -0.3 is 15.0 Å². The first kappa shape index (κ1) is 23.9. The van der Waals surface area contributed by atoms with Gasteiger partial charge in [0.15, 0.2) is 0 Å². The van der Waals surface area contributed by atoms with E-state index in [4.69, 9.17) is 4.74 Å². The summed E-state index contributed by atoms with van der Waals surface area (Å²) in [6.07, 6.45) is 0.783. The Balaban J connectivity index is 1.45. The zero-order chi connectivity index (χ0) is 24.1. The number of ether oxygens (including phenoxy) is 1. The molecule has 0 saturated carbocycles. The van der Waals surface area contributed by atoms with Gasteiger partial charge in [-0.15, -0.1) is 11.8 Å². The lowest BCUT2D eigenvalue weighted by molar-refractivity contribution is -0.128. The Hall–Kier alpha value is -3.25. The number of aryl methyl sites for hydroxylation is 1. The van der Waals surface area contributed by atoms with Crippen LogP contribution in [-0.4, -0.2) is 29.6 Å². The van der Waals surface area contributed by atoms with E-state index in [0.29, 0.717) is 17.9 Å². The molecule has 0 aromatic heterocycles. The Morgan fingerprint density at radius 3 is 2.50 bits per heavy atom. The standard InChI is InChI=1S/C28H30N2O3S/c1-4-24(23-14-15-25(33-3)19(2)16-23)29-27(32)21-10-12-22(13-11-21)28-30(26(31)18-34-28)17-20-8-6-5-7-9-20/h5-16,24,28H,4,17-18H2,1-3H3,(H,29,32)/t24-,28-/m0/s1. The summed E-state index contributed by atoms with van der Waals surface area (Å²) in [5.41, 5.74) is 4.85. The maximum Gasteiger partial charge on any atom is 0.251 e. The molecule has 0 aliphatic carbocycles. The van der Waals surface area contributed by atoms with Crippen LogP contribution in [0, 0.1) is 6.92 Å². The van der Waals surface area contributed by atoms with Gasteiger partial charge in [-0.25, -0.2) is 0 Å². The van der Waals surface area contributed by atoms with Crippen LogP contribution in [0.3, 0.4) is 0 Å². The minimum atomic E-state index is -0.108. The fourth-order valence-electron chi connectivity index (χ4n) is 4.26. The second kappa shape index (κ2) is 10.8. The van der Waals surface area contributed by atoms with Crippen LogP contribution in [0.1, 0.15) is 57.4 Å². The Morgan fingerprint density at radius 2 is 1.85 bits per heavy atom. The molecule has 176 valence electrons. The molecule has 3 aromatic rings. The molecule has 0 bridgehead atoms. The highest BCUT2D eigenvalue weighted by molar-refractivity contribution is 8.00. The van der Waals surface area contributed by atoms with E-state index in [0.717, 1.165) is 34.4 Å². The second-order valence-corrected chi connectivity index (χ2v) is 9.52. The maximum atomic E-state index is 13.0. The third kappa shape index (κ3) is 5.28. The number of amides is 2. The lowest BCUT2D eigenvalue weighted by Gasteiger charge is -2.24. The van der Waals surface area contributed by atoms with Gasteiger partial charge in [0.05, 0.1) is 18.9 Å². The van der Waals surface area contributed by atoms with Crippen molar-refractivity contribution in [3.8, 4) is 5.75 Å². The number of carbonyl (C=O) groups excluding carboxylic acids is 2. The van der Waals surface area contributed by atoms with E-state index >= 15 is 0 Å². The number of rotatable bonds is 8. The van der Waals surface area contributed by atoms with Crippen LogP contribution < -0.4 is 10.1 Å². The third-order valence-corrected chi connectivity index (χ3v) is 7.41. The molecule has 0 unspecified atom stereocenters. The number of nitrogens with zero attached hydrogens (tertiary/aromatic N) is 1. The Kier molecular flexibility index (Phi) is 7.58. The summed E-state index contributed by atoms with van der Waals surface area (Å²) in [4.78, 5) is 27.4. The van der Waals surface area contributed by atoms with Gasteiger partial charge in [0.2, 0.25) is 5.91 Å². The summed E-state index contributed by atoms with van der Waals surface area (Å²) in [6, 6.07) is 23.6. The maximum absolute atomic E-state index is 13.0. The number of nitrogens with one attached hydrogen (secondary N) is 1. The molecule has 5 nitrogen and oxygen atoms in total. The molecular weight excluding hydrogens is 444 g/mol. The van der Waals surface area contributed by atoms with Crippen molar-refractivity contribution in [1.82, 2.24) is 10.2 Å². The second-order valence-electron chi connectivity index (χ2n) is 8.46. The molecule has 1 aliphatic heterocycles. The highest BCUT2D eigenvalue weighted by atomic mass is 32.2. The first-order valence-electron chi connectivity index (χ1n) is 11.5. The van der Waals surface area contributed by atoms with Crippen LogP contribution in [0.15, 0.2) is 72.8 Å². The first-order valence-corrected chi connectivity index (χ1v) is 12.6. The molecule has 2 atom stereocenters. The van der Waals surface area contributed by atoms with Crippen molar-refractivity contribution in [2.24, 2.45) is 0 Å². The van der Waals surface area contributed by atoms with Crippen molar-refractivity contribution in [2.45, 2.75) is 38.2 Å². The highest BCUT2D eigenvalue weighted by Crippen LogP contribution is 2.39. The van der Waals surface area contributed by atoms with Crippen molar-refractivity contribution in [3.05, 3.63) is 101 Å². The predicted octanol–water partition coefficient (Wildman–Crippen LogP) is 5.66. The van der Waals surface area contributed by atoms with Gasteiger partial charge in [-0.2, -0.15) is 0 Å². The van der Waals surface area contributed by atoms with Crippen molar-refractivity contribution in [3.63, 3.8) is 0 Å². The minimum absolute atomic E-state index is 0.0459. The molecule has 0 radical (unpaired) electrons. The molecule has 3 aromatic carbocycles. The highest BCUT2D eigenvalue weighted by Gasteiger charge is 2.32. The van der Waals surface area contributed by atoms with Gasteiger partial charge >= 0.3 is 0 Å². The topological polar surface area (TPSA) is 58.6 Å². The van der Waals surface area contributed by atoms with Crippen molar-refractivity contribution >= 4 is 23.6 Å². The summed E-state index contributed by atoms with van der Waals surface area (Å²) in [6.45, 7) is 4.64. The molecule has 6 heteroatoms. The number of methoxy groups -OCH3 is 1. The first-order chi connectivity index (χ1) is 16.5. The largest absolute Gasteiger partial charge is 0.496 e. The van der Waals surface area contributed by atoms with E-state index < -0.39 is 0 Å². The van der Waals surface area contributed by atoms with Gasteiger partial charge in [-0.3, -0.25) is 9.59 Å². The molecule has 34 heavy (non-hydrogen) atoms. The van der Waals surface area contributed by atoms with E-state index in [1.807, 2.05) is 78.6 Å². The summed E-state index contributed by atoms with van der Waals surface area (Å²) in [7, 11) is 1.66. The summed E-state index contributed by atoms with van der Waals surface area (Å²) in [5.74, 6) is 1.34. The Labute approximate surface area is 205 Å². The van der Waals surface area contributed by atoms with Crippen LogP contribution in [0.4, 0.5) is 0 Å². The molecular formula is C28H30N2O3S. The van der Waals surface area contributed by atoms with Crippen molar-refractivity contribution in [2.75, 3.05) is 12.9 Å². The average Bonchev–Trinajstić information content (AvgIpc) is 3.22. The molecule has 1 heterocycles. The lowest BCUT2D eigenvalue weighted by atomic mass is 10.0. The zero-order valence-corrected chi connectivity index (χ0v) is 20.6. The molecule has 1 aliphatic rings. The fraction of sp³-hybridized carbons (Fsp3) is 0.286.